The van der Waals surface area contributed by atoms with E-state index in [0.29, 0.717) is 6.61 Å². The summed E-state index contributed by atoms with van der Waals surface area (Å²) in [6.07, 6.45) is 0. The Morgan fingerprint density at radius 2 is 2.57 bits per heavy atom. The van der Waals surface area contributed by atoms with E-state index in [9.17, 15) is 0 Å². The highest BCUT2D eigenvalue weighted by Gasteiger charge is 1.98. The van der Waals surface area contributed by atoms with Crippen LogP contribution in [0, 0.1) is 0 Å². The van der Waals surface area contributed by atoms with Crippen LogP contribution in [-0.2, 0) is 4.43 Å². The van der Waals surface area contributed by atoms with Gasteiger partial charge in [-0.3, -0.25) is 0 Å². The molecule has 1 radical (unpaired) electrons. The van der Waals surface area contributed by atoms with Gasteiger partial charge in [0.1, 0.15) is 0 Å². The van der Waals surface area contributed by atoms with Gasteiger partial charge in [0.05, 0.1) is 0 Å². The maximum atomic E-state index is 5.53. The van der Waals surface area contributed by atoms with Crippen LogP contribution in [-0.4, -0.2) is 15.0 Å². The van der Waals surface area contributed by atoms with Gasteiger partial charge in [-0.1, -0.05) is 5.70 Å². The minimum absolute atomic E-state index is 0.684. The third kappa shape index (κ3) is 4.05. The van der Waals surface area contributed by atoms with Gasteiger partial charge in [0.25, 0.3) is 0 Å². The molecule has 0 bridgehead atoms. The normalized spacial score (nSPS) is 9.57. The van der Waals surface area contributed by atoms with Crippen molar-refractivity contribution >= 4 is 19.4 Å². The molecule has 0 aromatic rings. The number of rotatable bonds is 3. The predicted molar refractivity (Wildman–Crippen MR) is 33.4 cm³/mol. The highest BCUT2D eigenvalue weighted by Crippen LogP contribution is 1.90. The molecule has 0 aliphatic heterocycles. The lowest BCUT2D eigenvalue weighted by Crippen LogP contribution is -2.05. The summed E-state index contributed by atoms with van der Waals surface area (Å²) in [5.41, 5.74) is 1.65. The van der Waals surface area contributed by atoms with Crippen LogP contribution in [0.3, 0.4) is 0 Å². The largest absolute Gasteiger partial charge is 0.400 e. The number of halogens is 1. The van der Waals surface area contributed by atoms with E-state index in [-0.39, 0.29) is 0 Å². The molecule has 0 heterocycles. The maximum absolute atomic E-state index is 5.53. The fraction of sp³-hybridized carbons (Fsp3) is 0.500. The van der Waals surface area contributed by atoms with Gasteiger partial charge < -0.3 is 4.43 Å². The van der Waals surface area contributed by atoms with Gasteiger partial charge in [0.15, 0.2) is 0 Å². The van der Waals surface area contributed by atoms with Crippen molar-refractivity contribution in [3.8, 4) is 0 Å². The molecule has 0 aliphatic carbocycles. The molecule has 0 spiro atoms. The summed E-state index contributed by atoms with van der Waals surface area (Å²) in [5.74, 6) is 0. The van der Waals surface area contributed by atoms with E-state index in [1.165, 1.54) is 0 Å². The Hall–Kier alpha value is 0.207. The van der Waals surface area contributed by atoms with E-state index in [1.807, 2.05) is 6.92 Å². The first-order valence-electron chi connectivity index (χ1n) is 2.09. The van der Waals surface area contributed by atoms with Gasteiger partial charge in [-0.2, -0.15) is 0 Å². The Morgan fingerprint density at radius 1 is 2.00 bits per heavy atom. The van der Waals surface area contributed by atoms with E-state index in [1.54, 1.807) is 5.70 Å². The zero-order chi connectivity index (χ0) is 5.70. The molecular weight excluding hydrogens is 128 g/mol. The lowest BCUT2D eigenvalue weighted by atomic mass is 10.9. The SMILES string of the molecule is C=C[Si](Cl)OCC. The Kier molecular flexibility index (Phi) is 4.50. The minimum atomic E-state index is -1.14. The second-order valence-corrected chi connectivity index (χ2v) is 3.36. The topological polar surface area (TPSA) is 9.23 Å². The zero-order valence-corrected chi connectivity index (χ0v) is 6.03. The molecule has 0 rings (SSSR count). The van der Waals surface area contributed by atoms with Gasteiger partial charge in [-0.05, 0) is 6.92 Å². The average molecular weight is 136 g/mol. The van der Waals surface area contributed by atoms with Crippen LogP contribution in [0.5, 0.6) is 0 Å². The summed E-state index contributed by atoms with van der Waals surface area (Å²) in [4.78, 5) is 0. The Bertz CT molecular complexity index is 57.7. The molecule has 0 saturated heterocycles. The van der Waals surface area contributed by atoms with E-state index in [4.69, 9.17) is 15.5 Å². The summed E-state index contributed by atoms with van der Waals surface area (Å²) in [6.45, 7) is 6.07. The predicted octanol–water partition coefficient (Wildman–Crippen LogP) is 1.48. The lowest BCUT2D eigenvalue weighted by molar-refractivity contribution is 0.361. The van der Waals surface area contributed by atoms with Crippen molar-refractivity contribution in [1.82, 2.24) is 0 Å². The Morgan fingerprint density at radius 3 is 2.71 bits per heavy atom. The lowest BCUT2D eigenvalue weighted by Gasteiger charge is -1.95. The van der Waals surface area contributed by atoms with Crippen molar-refractivity contribution in [1.29, 1.82) is 0 Å². The van der Waals surface area contributed by atoms with E-state index in [2.05, 4.69) is 6.58 Å². The van der Waals surface area contributed by atoms with Crippen LogP contribution < -0.4 is 0 Å². The molecule has 7 heavy (non-hydrogen) atoms. The highest BCUT2D eigenvalue weighted by atomic mass is 35.6. The molecule has 0 aromatic carbocycles. The smallest absolute Gasteiger partial charge is 0.351 e. The zero-order valence-electron chi connectivity index (χ0n) is 4.28. The van der Waals surface area contributed by atoms with Gasteiger partial charge in [-0.25, -0.2) is 0 Å². The second kappa shape index (κ2) is 4.37. The van der Waals surface area contributed by atoms with E-state index < -0.39 is 8.35 Å². The van der Waals surface area contributed by atoms with Crippen LogP contribution in [0.1, 0.15) is 6.92 Å². The first-order chi connectivity index (χ1) is 3.31. The molecular formula is C4H8ClOSi. The number of hydrogen-bond acceptors (Lipinski definition) is 1. The fourth-order valence-corrected chi connectivity index (χ4v) is 0.918. The van der Waals surface area contributed by atoms with Crippen molar-refractivity contribution in [3.05, 3.63) is 12.3 Å². The minimum Gasteiger partial charge on any atom is -0.400 e. The Labute approximate surface area is 50.4 Å². The quantitative estimate of drug-likeness (QED) is 0.421. The highest BCUT2D eigenvalue weighted by molar-refractivity contribution is 7.06. The van der Waals surface area contributed by atoms with Gasteiger partial charge >= 0.3 is 8.35 Å². The van der Waals surface area contributed by atoms with Crippen molar-refractivity contribution in [3.63, 3.8) is 0 Å². The standard InChI is InChI=1S/C4H8ClOSi/c1-3-6-7(5)4-2/h4H,2-3H2,1H3. The van der Waals surface area contributed by atoms with Crippen LogP contribution in [0.4, 0.5) is 0 Å². The molecule has 0 aliphatic rings. The van der Waals surface area contributed by atoms with Crippen molar-refractivity contribution < 1.29 is 4.43 Å². The summed E-state index contributed by atoms with van der Waals surface area (Å²) in [6, 6.07) is 0. The van der Waals surface area contributed by atoms with Crippen LogP contribution in [0.25, 0.3) is 0 Å². The number of hydrogen-bond donors (Lipinski definition) is 0. The van der Waals surface area contributed by atoms with Gasteiger partial charge in [0.2, 0.25) is 0 Å². The first-order valence-corrected chi connectivity index (χ1v) is 4.58. The van der Waals surface area contributed by atoms with Crippen molar-refractivity contribution in [2.45, 2.75) is 6.92 Å². The average Bonchev–Trinajstić information content (AvgIpc) is 1.68. The third-order valence-corrected chi connectivity index (χ3v) is 2.12. The summed E-state index contributed by atoms with van der Waals surface area (Å²) >= 11 is 5.53. The van der Waals surface area contributed by atoms with Crippen LogP contribution in [0.2, 0.25) is 0 Å². The molecule has 41 valence electrons. The van der Waals surface area contributed by atoms with Gasteiger partial charge in [0, 0.05) is 6.61 Å². The third-order valence-electron chi connectivity index (χ3n) is 0.443. The van der Waals surface area contributed by atoms with E-state index >= 15 is 0 Å². The molecule has 0 unspecified atom stereocenters. The second-order valence-electron chi connectivity index (χ2n) is 0.941. The fourth-order valence-electron chi connectivity index (χ4n) is 0.197. The van der Waals surface area contributed by atoms with E-state index in [0.717, 1.165) is 0 Å². The molecule has 0 aromatic heterocycles. The first kappa shape index (κ1) is 7.21. The van der Waals surface area contributed by atoms with Crippen LogP contribution >= 0.6 is 11.1 Å². The maximum Gasteiger partial charge on any atom is 0.351 e. The summed E-state index contributed by atoms with van der Waals surface area (Å²) in [7, 11) is -1.14. The van der Waals surface area contributed by atoms with Crippen LogP contribution in [0.15, 0.2) is 12.3 Å². The molecule has 3 heteroatoms. The summed E-state index contributed by atoms with van der Waals surface area (Å²) in [5, 5.41) is 0. The van der Waals surface area contributed by atoms with Crippen molar-refractivity contribution in [2.24, 2.45) is 0 Å². The van der Waals surface area contributed by atoms with Crippen molar-refractivity contribution in [2.75, 3.05) is 6.61 Å². The molecule has 0 atom stereocenters. The molecule has 0 fully saturated rings. The molecule has 0 N–H and O–H groups in total. The molecule has 0 amide bonds. The Balaban J connectivity index is 2.98. The summed E-state index contributed by atoms with van der Waals surface area (Å²) < 4.78 is 4.94. The molecule has 0 saturated carbocycles. The molecule has 1 nitrogen and oxygen atoms in total. The monoisotopic (exact) mass is 135 g/mol. The van der Waals surface area contributed by atoms with Gasteiger partial charge in [-0.15, -0.1) is 17.7 Å².